The summed E-state index contributed by atoms with van der Waals surface area (Å²) in [5.74, 6) is -1.19. The number of aliphatic hydroxyl groups excluding tert-OH is 1. The van der Waals surface area contributed by atoms with Crippen LogP contribution in [0.25, 0.3) is 0 Å². The lowest BCUT2D eigenvalue weighted by molar-refractivity contribution is 0.0696. The van der Waals surface area contributed by atoms with Gasteiger partial charge in [0.2, 0.25) is 10.0 Å². The number of carboxylic acid groups (broad SMARTS) is 1. The van der Waals surface area contributed by atoms with Crippen LogP contribution < -0.4 is 4.74 Å². The zero-order valence-electron chi connectivity index (χ0n) is 11.4. The summed E-state index contributed by atoms with van der Waals surface area (Å²) >= 11 is 0. The molecule has 1 aromatic carbocycles. The summed E-state index contributed by atoms with van der Waals surface area (Å²) < 4.78 is 30.6. The largest absolute Gasteiger partial charge is 0.495 e. The number of likely N-dealkylation sites (N-methyl/N-ethyl adjacent to an activating group) is 1. The summed E-state index contributed by atoms with van der Waals surface area (Å²) in [6, 6.07) is 3.58. The second-order valence-corrected chi connectivity index (χ2v) is 6.32. The minimum Gasteiger partial charge on any atom is -0.495 e. The average molecular weight is 303 g/mol. The maximum atomic E-state index is 12.4. The molecule has 0 aromatic heterocycles. The first kappa shape index (κ1) is 16.4. The van der Waals surface area contributed by atoms with Gasteiger partial charge < -0.3 is 14.9 Å². The van der Waals surface area contributed by atoms with Crippen LogP contribution >= 0.6 is 0 Å². The summed E-state index contributed by atoms with van der Waals surface area (Å²) in [5.41, 5.74) is -0.158. The molecule has 2 N–H and O–H groups in total. The molecule has 1 rings (SSSR count). The summed E-state index contributed by atoms with van der Waals surface area (Å²) in [6.45, 7) is 1.35. The van der Waals surface area contributed by atoms with Crippen molar-refractivity contribution in [1.82, 2.24) is 4.31 Å². The van der Waals surface area contributed by atoms with Crippen molar-refractivity contribution in [2.45, 2.75) is 17.9 Å². The number of ether oxygens (including phenoxy) is 1. The van der Waals surface area contributed by atoms with E-state index in [1.807, 2.05) is 0 Å². The van der Waals surface area contributed by atoms with Gasteiger partial charge >= 0.3 is 5.97 Å². The fraction of sp³-hybridized carbons (Fsp3) is 0.417. The number of nitrogens with zero attached hydrogens (tertiary/aromatic N) is 1. The van der Waals surface area contributed by atoms with E-state index in [0.29, 0.717) is 0 Å². The van der Waals surface area contributed by atoms with Crippen molar-refractivity contribution in [3.05, 3.63) is 23.8 Å². The van der Waals surface area contributed by atoms with Gasteiger partial charge in [0.25, 0.3) is 0 Å². The lowest BCUT2D eigenvalue weighted by Gasteiger charge is -2.20. The van der Waals surface area contributed by atoms with Crippen LogP contribution in [0.1, 0.15) is 17.3 Å². The quantitative estimate of drug-likeness (QED) is 0.788. The van der Waals surface area contributed by atoms with Crippen molar-refractivity contribution in [1.29, 1.82) is 0 Å². The van der Waals surface area contributed by atoms with E-state index in [-0.39, 0.29) is 22.8 Å². The van der Waals surface area contributed by atoms with E-state index in [0.717, 1.165) is 10.4 Å². The number of benzene rings is 1. The predicted octanol–water partition coefficient (Wildman–Crippen LogP) is 0.395. The van der Waals surface area contributed by atoms with Gasteiger partial charge in [-0.05, 0) is 25.1 Å². The van der Waals surface area contributed by atoms with E-state index in [1.165, 1.54) is 33.2 Å². The summed E-state index contributed by atoms with van der Waals surface area (Å²) in [6.07, 6.45) is -0.844. The van der Waals surface area contributed by atoms with E-state index >= 15 is 0 Å². The Hall–Kier alpha value is -1.64. The van der Waals surface area contributed by atoms with Crippen molar-refractivity contribution < 1.29 is 28.2 Å². The van der Waals surface area contributed by atoms with Gasteiger partial charge in [-0.2, -0.15) is 4.31 Å². The van der Waals surface area contributed by atoms with Gasteiger partial charge in [-0.3, -0.25) is 0 Å². The fourth-order valence-electron chi connectivity index (χ4n) is 1.65. The smallest absolute Gasteiger partial charge is 0.335 e. The first-order valence-corrected chi connectivity index (χ1v) is 7.20. The Kier molecular flexibility index (Phi) is 5.09. The van der Waals surface area contributed by atoms with Gasteiger partial charge in [0.15, 0.2) is 0 Å². The Morgan fingerprint density at radius 3 is 2.50 bits per heavy atom. The molecule has 0 aliphatic heterocycles. The fourth-order valence-corrected chi connectivity index (χ4v) is 3.08. The molecular weight excluding hydrogens is 286 g/mol. The molecule has 0 bridgehead atoms. The number of aromatic carboxylic acids is 1. The van der Waals surface area contributed by atoms with Crippen LogP contribution in [0, 0.1) is 0 Å². The molecule has 20 heavy (non-hydrogen) atoms. The summed E-state index contributed by atoms with van der Waals surface area (Å²) in [7, 11) is -1.35. The first-order valence-electron chi connectivity index (χ1n) is 5.76. The van der Waals surface area contributed by atoms with Crippen LogP contribution in [0.3, 0.4) is 0 Å². The Morgan fingerprint density at radius 1 is 1.45 bits per heavy atom. The van der Waals surface area contributed by atoms with Crippen molar-refractivity contribution in [2.75, 3.05) is 20.7 Å². The summed E-state index contributed by atoms with van der Waals surface area (Å²) in [5, 5.41) is 18.2. The number of hydrogen-bond donors (Lipinski definition) is 2. The van der Waals surface area contributed by atoms with E-state index in [2.05, 4.69) is 0 Å². The lowest BCUT2D eigenvalue weighted by atomic mass is 10.2. The SMILES string of the molecule is COc1ccc(C(=O)O)cc1S(=O)(=O)N(C)CC(C)O. The number of carbonyl (C=O) groups is 1. The van der Waals surface area contributed by atoms with Crippen LogP contribution in [-0.4, -0.2) is 55.7 Å². The maximum absolute atomic E-state index is 12.4. The highest BCUT2D eigenvalue weighted by atomic mass is 32.2. The molecule has 1 unspecified atom stereocenters. The Labute approximate surface area is 117 Å². The molecule has 0 heterocycles. The highest BCUT2D eigenvalue weighted by molar-refractivity contribution is 7.89. The standard InChI is InChI=1S/C12H17NO6S/c1-8(14)7-13(2)20(17,18)11-6-9(12(15)16)4-5-10(11)19-3/h4-6,8,14H,7H2,1-3H3,(H,15,16). The molecule has 0 amide bonds. The highest BCUT2D eigenvalue weighted by Gasteiger charge is 2.26. The molecule has 0 saturated carbocycles. The van der Waals surface area contributed by atoms with Gasteiger partial charge in [0.1, 0.15) is 10.6 Å². The minimum absolute atomic E-state index is 0.0486. The number of sulfonamides is 1. The van der Waals surface area contributed by atoms with E-state index < -0.39 is 22.1 Å². The molecule has 0 radical (unpaired) electrons. The van der Waals surface area contributed by atoms with Crippen LogP contribution in [0.15, 0.2) is 23.1 Å². The van der Waals surface area contributed by atoms with Crippen molar-refractivity contribution in [3.63, 3.8) is 0 Å². The van der Waals surface area contributed by atoms with Crippen molar-refractivity contribution >= 4 is 16.0 Å². The molecule has 1 aromatic rings. The predicted molar refractivity (Wildman–Crippen MR) is 71.4 cm³/mol. The number of hydrogen-bond acceptors (Lipinski definition) is 5. The molecule has 7 nitrogen and oxygen atoms in total. The monoisotopic (exact) mass is 303 g/mol. The second kappa shape index (κ2) is 6.21. The van der Waals surface area contributed by atoms with E-state index in [1.54, 1.807) is 0 Å². The van der Waals surface area contributed by atoms with Gasteiger partial charge in [0, 0.05) is 13.6 Å². The average Bonchev–Trinajstić information content (AvgIpc) is 2.36. The summed E-state index contributed by atoms with van der Waals surface area (Å²) in [4.78, 5) is 10.7. The molecule has 0 aliphatic carbocycles. The molecule has 1 atom stereocenters. The lowest BCUT2D eigenvalue weighted by Crippen LogP contribution is -2.33. The molecule has 0 aliphatic rings. The Balaban J connectivity index is 3.35. The van der Waals surface area contributed by atoms with Crippen molar-refractivity contribution in [2.24, 2.45) is 0 Å². The van der Waals surface area contributed by atoms with Gasteiger partial charge in [-0.25, -0.2) is 13.2 Å². The number of aliphatic hydroxyl groups is 1. The molecule has 0 spiro atoms. The maximum Gasteiger partial charge on any atom is 0.335 e. The van der Waals surface area contributed by atoms with E-state index in [9.17, 15) is 18.3 Å². The molecule has 8 heteroatoms. The Morgan fingerprint density at radius 2 is 2.05 bits per heavy atom. The van der Waals surface area contributed by atoms with E-state index in [4.69, 9.17) is 9.84 Å². The third-order valence-corrected chi connectivity index (χ3v) is 4.46. The number of rotatable bonds is 6. The molecular formula is C12H17NO6S. The number of carboxylic acids is 1. The minimum atomic E-state index is -3.95. The molecule has 0 saturated heterocycles. The normalized spacial score (nSPS) is 13.2. The van der Waals surface area contributed by atoms with Crippen LogP contribution in [0.4, 0.5) is 0 Å². The molecule has 0 fully saturated rings. The second-order valence-electron chi connectivity index (χ2n) is 4.31. The zero-order valence-corrected chi connectivity index (χ0v) is 12.2. The van der Waals surface area contributed by atoms with Crippen molar-refractivity contribution in [3.8, 4) is 5.75 Å². The molecule has 112 valence electrons. The third-order valence-electron chi connectivity index (χ3n) is 2.62. The van der Waals surface area contributed by atoms with Crippen LogP contribution in [-0.2, 0) is 10.0 Å². The Bertz CT molecular complexity index is 596. The van der Waals surface area contributed by atoms with Gasteiger partial charge in [0.05, 0.1) is 18.8 Å². The highest BCUT2D eigenvalue weighted by Crippen LogP contribution is 2.27. The third kappa shape index (κ3) is 3.47. The number of methoxy groups -OCH3 is 1. The topological polar surface area (TPSA) is 104 Å². The van der Waals surface area contributed by atoms with Gasteiger partial charge in [-0.1, -0.05) is 0 Å². The first-order chi connectivity index (χ1) is 9.20. The zero-order chi connectivity index (χ0) is 15.5. The van der Waals surface area contributed by atoms with Crippen LogP contribution in [0.5, 0.6) is 5.75 Å². The van der Waals surface area contributed by atoms with Crippen LogP contribution in [0.2, 0.25) is 0 Å². The van der Waals surface area contributed by atoms with Gasteiger partial charge in [-0.15, -0.1) is 0 Å².